The van der Waals surface area contributed by atoms with Gasteiger partial charge < -0.3 is 4.90 Å². The van der Waals surface area contributed by atoms with E-state index in [2.05, 4.69) is 4.98 Å². The van der Waals surface area contributed by atoms with Gasteiger partial charge in [-0.1, -0.05) is 54.6 Å². The van der Waals surface area contributed by atoms with Crippen molar-refractivity contribution in [1.29, 1.82) is 0 Å². The summed E-state index contributed by atoms with van der Waals surface area (Å²) >= 11 is 0. The zero-order valence-electron chi connectivity index (χ0n) is 18.1. The molecule has 162 valence electrons. The fourth-order valence-electron chi connectivity index (χ4n) is 4.62. The van der Waals surface area contributed by atoms with Gasteiger partial charge in [-0.2, -0.15) is 0 Å². The SMILES string of the molecule is Cc1ccccc1CC(=O)N1CCC(n2c(=O)n(Cc3ccccc3)c3cccnc32)C1. The number of hydrogen-bond acceptors (Lipinski definition) is 3. The van der Waals surface area contributed by atoms with Gasteiger partial charge in [0, 0.05) is 19.3 Å². The van der Waals surface area contributed by atoms with Crippen LogP contribution in [0.1, 0.15) is 29.2 Å². The molecule has 2 aromatic carbocycles. The molecule has 1 saturated heterocycles. The van der Waals surface area contributed by atoms with Crippen LogP contribution in [0.2, 0.25) is 0 Å². The van der Waals surface area contributed by atoms with Crippen LogP contribution in [0.4, 0.5) is 0 Å². The van der Waals surface area contributed by atoms with Gasteiger partial charge in [0.25, 0.3) is 0 Å². The standard InChI is InChI=1S/C26H26N4O2/c1-19-8-5-6-11-21(19)16-24(31)28-15-13-22(18-28)30-25-23(12-7-14-27-25)29(26(30)32)17-20-9-3-2-4-10-20/h2-12,14,22H,13,15-18H2,1H3. The van der Waals surface area contributed by atoms with E-state index in [1.807, 2.05) is 78.6 Å². The van der Waals surface area contributed by atoms with Crippen molar-refractivity contribution in [3.63, 3.8) is 0 Å². The molecule has 0 N–H and O–H groups in total. The minimum absolute atomic E-state index is 0.0687. The lowest BCUT2D eigenvalue weighted by atomic mass is 10.1. The van der Waals surface area contributed by atoms with E-state index in [1.54, 1.807) is 15.3 Å². The van der Waals surface area contributed by atoms with E-state index in [9.17, 15) is 9.59 Å². The van der Waals surface area contributed by atoms with Crippen molar-refractivity contribution in [1.82, 2.24) is 19.0 Å². The highest BCUT2D eigenvalue weighted by Crippen LogP contribution is 2.25. The summed E-state index contributed by atoms with van der Waals surface area (Å²) in [6.45, 7) is 3.71. The van der Waals surface area contributed by atoms with Gasteiger partial charge in [-0.05, 0) is 42.2 Å². The van der Waals surface area contributed by atoms with Gasteiger partial charge >= 0.3 is 5.69 Å². The summed E-state index contributed by atoms with van der Waals surface area (Å²) in [4.78, 5) is 32.8. The first-order valence-electron chi connectivity index (χ1n) is 11.0. The predicted molar refractivity (Wildman–Crippen MR) is 125 cm³/mol. The van der Waals surface area contributed by atoms with E-state index in [0.717, 1.165) is 28.6 Å². The molecule has 3 heterocycles. The van der Waals surface area contributed by atoms with Crippen molar-refractivity contribution >= 4 is 17.1 Å². The summed E-state index contributed by atoms with van der Waals surface area (Å²) in [5.74, 6) is 0.107. The van der Waals surface area contributed by atoms with Crippen LogP contribution in [-0.4, -0.2) is 38.0 Å². The molecule has 5 rings (SSSR count). The molecular formula is C26H26N4O2. The van der Waals surface area contributed by atoms with Gasteiger partial charge in [0.05, 0.1) is 24.5 Å². The minimum atomic E-state index is -0.0715. The first-order chi connectivity index (χ1) is 15.6. The van der Waals surface area contributed by atoms with Gasteiger partial charge in [0.15, 0.2) is 5.65 Å². The van der Waals surface area contributed by atoms with Crippen molar-refractivity contribution < 1.29 is 4.79 Å². The molecule has 0 saturated carbocycles. The van der Waals surface area contributed by atoms with Crippen LogP contribution in [-0.2, 0) is 17.8 Å². The summed E-state index contributed by atoms with van der Waals surface area (Å²) in [6, 6.07) is 21.7. The second-order valence-corrected chi connectivity index (χ2v) is 8.46. The molecule has 1 unspecified atom stereocenters. The Hall–Kier alpha value is -3.67. The number of rotatable bonds is 5. The van der Waals surface area contributed by atoms with Gasteiger partial charge in [0.2, 0.25) is 5.91 Å². The monoisotopic (exact) mass is 426 g/mol. The molecule has 0 aliphatic carbocycles. The Kier molecular flexibility index (Phi) is 5.35. The molecule has 0 radical (unpaired) electrons. The molecule has 1 aliphatic rings. The highest BCUT2D eigenvalue weighted by Gasteiger charge is 2.31. The molecule has 6 nitrogen and oxygen atoms in total. The number of aryl methyl sites for hydroxylation is 1. The number of aromatic nitrogens is 3. The Balaban J connectivity index is 1.42. The Morgan fingerprint density at radius 3 is 2.62 bits per heavy atom. The quantitative estimate of drug-likeness (QED) is 0.490. The van der Waals surface area contributed by atoms with E-state index in [1.165, 1.54) is 0 Å². The summed E-state index contributed by atoms with van der Waals surface area (Å²) in [5, 5.41) is 0. The molecule has 4 aromatic rings. The number of carbonyl (C=O) groups excluding carboxylic acids is 1. The minimum Gasteiger partial charge on any atom is -0.340 e. The van der Waals surface area contributed by atoms with E-state index in [0.29, 0.717) is 31.7 Å². The van der Waals surface area contributed by atoms with Gasteiger partial charge in [-0.25, -0.2) is 9.78 Å². The number of amides is 1. The largest absolute Gasteiger partial charge is 0.340 e. The maximum absolute atomic E-state index is 13.5. The average Bonchev–Trinajstić information content (AvgIpc) is 3.39. The second-order valence-electron chi connectivity index (χ2n) is 8.46. The smallest absolute Gasteiger partial charge is 0.330 e. The zero-order valence-corrected chi connectivity index (χ0v) is 18.1. The third-order valence-electron chi connectivity index (χ3n) is 6.39. The topological polar surface area (TPSA) is 60.1 Å². The van der Waals surface area contributed by atoms with E-state index in [-0.39, 0.29) is 17.6 Å². The van der Waals surface area contributed by atoms with E-state index >= 15 is 0 Å². The molecular weight excluding hydrogens is 400 g/mol. The van der Waals surface area contributed by atoms with Crippen LogP contribution < -0.4 is 5.69 Å². The molecule has 0 bridgehead atoms. The molecule has 1 fully saturated rings. The third kappa shape index (κ3) is 3.73. The Morgan fingerprint density at radius 1 is 1.03 bits per heavy atom. The van der Waals surface area contributed by atoms with Gasteiger partial charge in [-0.15, -0.1) is 0 Å². The number of nitrogens with zero attached hydrogens (tertiary/aromatic N) is 4. The van der Waals surface area contributed by atoms with Crippen molar-refractivity contribution in [3.8, 4) is 0 Å². The molecule has 1 aliphatic heterocycles. The lowest BCUT2D eigenvalue weighted by molar-refractivity contribution is -0.129. The number of benzene rings is 2. The number of fused-ring (bicyclic) bond motifs is 1. The normalized spacial score (nSPS) is 16.0. The number of likely N-dealkylation sites (tertiary alicyclic amines) is 1. The number of carbonyl (C=O) groups is 1. The Bertz CT molecular complexity index is 1320. The highest BCUT2D eigenvalue weighted by molar-refractivity contribution is 5.79. The molecule has 6 heteroatoms. The molecule has 1 amide bonds. The van der Waals surface area contributed by atoms with Crippen molar-refractivity contribution in [2.45, 2.75) is 32.4 Å². The van der Waals surface area contributed by atoms with Gasteiger partial charge in [-0.3, -0.25) is 13.9 Å². The number of imidazole rings is 1. The Labute approximate surface area is 186 Å². The maximum Gasteiger partial charge on any atom is 0.330 e. The molecule has 0 spiro atoms. The van der Waals surface area contributed by atoms with Crippen molar-refractivity contribution in [2.24, 2.45) is 0 Å². The van der Waals surface area contributed by atoms with Crippen molar-refractivity contribution in [2.75, 3.05) is 13.1 Å². The van der Waals surface area contributed by atoms with Crippen molar-refractivity contribution in [3.05, 3.63) is 100 Å². The predicted octanol–water partition coefficient (Wildman–Crippen LogP) is 3.57. The summed E-state index contributed by atoms with van der Waals surface area (Å²) in [7, 11) is 0. The van der Waals surface area contributed by atoms with Crippen LogP contribution in [0.25, 0.3) is 11.2 Å². The maximum atomic E-state index is 13.5. The summed E-state index contributed by atoms with van der Waals surface area (Å²) < 4.78 is 3.58. The van der Waals surface area contributed by atoms with E-state index < -0.39 is 0 Å². The number of hydrogen-bond donors (Lipinski definition) is 0. The third-order valence-corrected chi connectivity index (χ3v) is 6.39. The second kappa shape index (κ2) is 8.46. The fourth-order valence-corrected chi connectivity index (χ4v) is 4.62. The highest BCUT2D eigenvalue weighted by atomic mass is 16.2. The molecule has 1 atom stereocenters. The first-order valence-corrected chi connectivity index (χ1v) is 11.0. The number of pyridine rings is 1. The summed E-state index contributed by atoms with van der Waals surface area (Å²) in [6.07, 6.45) is 2.87. The average molecular weight is 427 g/mol. The fraction of sp³-hybridized carbons (Fsp3) is 0.269. The van der Waals surface area contributed by atoms with Crippen LogP contribution in [0, 0.1) is 6.92 Å². The summed E-state index contributed by atoms with van der Waals surface area (Å²) in [5.41, 5.74) is 4.69. The lowest BCUT2D eigenvalue weighted by Gasteiger charge is -2.17. The van der Waals surface area contributed by atoms with Gasteiger partial charge in [0.1, 0.15) is 0 Å². The van der Waals surface area contributed by atoms with Crippen LogP contribution >= 0.6 is 0 Å². The molecule has 2 aromatic heterocycles. The van der Waals surface area contributed by atoms with E-state index in [4.69, 9.17) is 0 Å². The van der Waals surface area contributed by atoms with Crippen LogP contribution in [0.3, 0.4) is 0 Å². The first kappa shape index (κ1) is 20.2. The van der Waals surface area contributed by atoms with Crippen LogP contribution in [0.5, 0.6) is 0 Å². The Morgan fingerprint density at radius 2 is 1.81 bits per heavy atom. The van der Waals surface area contributed by atoms with Crippen LogP contribution in [0.15, 0.2) is 77.7 Å². The lowest BCUT2D eigenvalue weighted by Crippen LogP contribution is -2.33. The zero-order chi connectivity index (χ0) is 22.1. The molecule has 32 heavy (non-hydrogen) atoms.